The molecule has 0 bridgehead atoms. The molecule has 5 N–H and O–H groups in total. The van der Waals surface area contributed by atoms with Crippen LogP contribution in [0.15, 0.2) is 77.9 Å². The van der Waals surface area contributed by atoms with Crippen molar-refractivity contribution in [1.82, 2.24) is 25.8 Å². The molecule has 698 valence electrons. The number of carboxylic acid groups (broad SMARTS) is 2. The first-order chi connectivity index (χ1) is 59.5. The van der Waals surface area contributed by atoms with E-state index in [0.717, 1.165) is 69.9 Å². The third kappa shape index (κ3) is 59.9. The van der Waals surface area contributed by atoms with Crippen LogP contribution in [0.4, 0.5) is 24.9 Å². The molecule has 2 aromatic carbocycles. The van der Waals surface area contributed by atoms with Gasteiger partial charge in [0.2, 0.25) is 5.36 Å². The second-order valence-electron chi connectivity index (χ2n) is 34.7. The number of nitrogens with zero attached hydrogens (tertiary/aromatic N) is 2. The van der Waals surface area contributed by atoms with Crippen molar-refractivity contribution in [2.45, 2.75) is 446 Å². The van der Waals surface area contributed by atoms with Crippen molar-refractivity contribution in [3.8, 4) is 22.5 Å². The standard InChI is InChI=1S/C85H139N5O9.C19H39NO2.CH4/c1-5-9-12-15-18-21-24-27-30-33-36-39-42-45-48-53-62-86-83(93)96-68-65-89(8-4)73-58-60-77-79(71-73)99-80-72-74(59-61-78(80)81(77)75-56-51-52-57-76(75)82(91)92)90(66-69-97-84(94)87-63-54-49-46-43-40-37-34-31-28-25-22-19-16-13-10-6-2)67-70-98-85(95)88-64-55-50-47-44-41-38-35-32-29-26-23-20-17-14-11-7-3;1-2-3-4-5-6-7-8-9-10-11-12-13-14-15-16-17-18-20-19(21)22;/h8,51-52,56-61,71-72H,4-7,9-50,53-55,62-70H2,1-3H3,(H3-,86,87,88,91,92,93,94,95);20H,2-18H2,1H3,(H,21,22);1H4. The van der Waals surface area contributed by atoms with Gasteiger partial charge in [-0.3, -0.25) is 0 Å². The van der Waals surface area contributed by atoms with Gasteiger partial charge in [-0.15, -0.1) is 0 Å². The number of fused-ring (bicyclic) bond motifs is 2. The number of alkyl carbamates (subject to hydrolysis) is 3. The summed E-state index contributed by atoms with van der Waals surface area (Å²) in [5.41, 5.74) is 3.03. The van der Waals surface area contributed by atoms with Gasteiger partial charge in [0, 0.05) is 66.1 Å². The van der Waals surface area contributed by atoms with Gasteiger partial charge >= 0.3 is 24.4 Å². The number of hydrogen-bond acceptors (Lipinski definition) is 11. The molecule has 2 aromatic rings. The fourth-order valence-electron chi connectivity index (χ4n) is 16.5. The number of nitrogens with one attached hydrogen (secondary N) is 4. The van der Waals surface area contributed by atoms with Gasteiger partial charge in [-0.2, -0.15) is 0 Å². The van der Waals surface area contributed by atoms with Gasteiger partial charge in [0.05, 0.1) is 18.6 Å². The number of rotatable bonds is 81. The fourth-order valence-corrected chi connectivity index (χ4v) is 16.5. The highest BCUT2D eigenvalue weighted by molar-refractivity contribution is 6.07. The molecule has 17 heteroatoms. The van der Waals surface area contributed by atoms with Crippen LogP contribution < -0.4 is 41.2 Å². The van der Waals surface area contributed by atoms with E-state index in [0.29, 0.717) is 71.5 Å². The van der Waals surface area contributed by atoms with Gasteiger partial charge in [0.15, 0.2) is 26.3 Å². The predicted molar refractivity (Wildman–Crippen MR) is 514 cm³/mol. The number of ether oxygens (including phenoxy) is 3. The smallest absolute Gasteiger partial charge is 0.407 e. The number of hydrogen-bond donors (Lipinski definition) is 5. The Hall–Kier alpha value is -6.78. The van der Waals surface area contributed by atoms with Crippen molar-refractivity contribution in [3.05, 3.63) is 84.4 Å². The normalized spacial score (nSPS) is 11.1. The van der Waals surface area contributed by atoms with Crippen LogP contribution in [0.2, 0.25) is 0 Å². The lowest BCUT2D eigenvalue weighted by molar-refractivity contribution is -0.255. The second kappa shape index (κ2) is 81.3. The Morgan fingerprint density at radius 1 is 0.385 bits per heavy atom. The summed E-state index contributed by atoms with van der Waals surface area (Å²) >= 11 is 0. The van der Waals surface area contributed by atoms with Crippen LogP contribution in [0.5, 0.6) is 0 Å². The third-order valence-electron chi connectivity index (χ3n) is 24.0. The predicted octanol–water partition coefficient (Wildman–Crippen LogP) is 29.4. The van der Waals surface area contributed by atoms with Crippen molar-refractivity contribution in [2.24, 2.45) is 0 Å². The molecule has 0 atom stereocenters. The molecule has 0 saturated carbocycles. The van der Waals surface area contributed by atoms with Gasteiger partial charge in [-0.1, -0.05) is 451 Å². The second-order valence-corrected chi connectivity index (χ2v) is 34.7. The van der Waals surface area contributed by atoms with Crippen LogP contribution in [0, 0.1) is 0 Å². The molecule has 4 rings (SSSR count). The average Bonchev–Trinajstić information content (AvgIpc) is 0.745. The van der Waals surface area contributed by atoms with Crippen LogP contribution in [0.3, 0.4) is 0 Å². The third-order valence-corrected chi connectivity index (χ3v) is 24.0. The summed E-state index contributed by atoms with van der Waals surface area (Å²) in [6.07, 6.45) is 82.8. The monoisotopic (exact) mass is 1700 g/mol. The van der Waals surface area contributed by atoms with E-state index in [9.17, 15) is 29.1 Å². The molecular formula is C105H182N6O11. The zero-order valence-electron chi connectivity index (χ0n) is 77.8. The van der Waals surface area contributed by atoms with E-state index in [-0.39, 0.29) is 45.9 Å². The van der Waals surface area contributed by atoms with E-state index >= 15 is 0 Å². The van der Waals surface area contributed by atoms with Gasteiger partial charge in [0.25, 0.3) is 0 Å². The maximum absolute atomic E-state index is 13.1. The van der Waals surface area contributed by atoms with Crippen molar-refractivity contribution < 1.29 is 52.8 Å². The average molecular weight is 1700 g/mol. The molecular weight excluding hydrogens is 1520 g/mol. The Morgan fingerprint density at radius 3 is 1.00 bits per heavy atom. The first-order valence-electron chi connectivity index (χ1n) is 50.4. The van der Waals surface area contributed by atoms with Crippen LogP contribution in [0.25, 0.3) is 33.4 Å². The maximum atomic E-state index is 13.1. The summed E-state index contributed by atoms with van der Waals surface area (Å²) in [4.78, 5) is 63.8. The Bertz CT molecular complexity index is 3150. The Labute approximate surface area is 745 Å². The summed E-state index contributed by atoms with van der Waals surface area (Å²) < 4.78 is 25.9. The summed E-state index contributed by atoms with van der Waals surface area (Å²) in [6, 6.07) is 18.2. The highest BCUT2D eigenvalue weighted by Crippen LogP contribution is 2.42. The molecule has 2 aliphatic rings. The van der Waals surface area contributed by atoms with E-state index in [1.807, 2.05) is 45.9 Å². The number of carbonyl (C=O) groups is 5. The number of carboxylic acids is 1. The number of amides is 4. The van der Waals surface area contributed by atoms with Gasteiger partial charge in [-0.25, -0.2) is 23.8 Å². The summed E-state index contributed by atoms with van der Waals surface area (Å²) in [5, 5.41) is 33.8. The largest absolute Gasteiger partial charge is 0.545 e. The Kier molecular flexibility index (Phi) is 74.1. The molecule has 1 aliphatic carbocycles. The number of anilines is 1. The van der Waals surface area contributed by atoms with Crippen LogP contribution in [0.1, 0.15) is 456 Å². The number of carbonyl (C=O) groups excluding carboxylic acids is 4. The zero-order valence-corrected chi connectivity index (χ0v) is 77.8. The van der Waals surface area contributed by atoms with Crippen molar-refractivity contribution >= 4 is 47.0 Å². The molecule has 0 spiro atoms. The first-order valence-corrected chi connectivity index (χ1v) is 50.4. The van der Waals surface area contributed by atoms with Gasteiger partial charge in [0.1, 0.15) is 18.0 Å². The van der Waals surface area contributed by atoms with E-state index in [1.54, 1.807) is 30.5 Å². The van der Waals surface area contributed by atoms with E-state index < -0.39 is 30.3 Å². The lowest BCUT2D eigenvalue weighted by atomic mass is 9.90. The first kappa shape index (κ1) is 111. The maximum Gasteiger partial charge on any atom is 0.407 e. The number of aromatic carboxylic acids is 1. The summed E-state index contributed by atoms with van der Waals surface area (Å²) in [5.74, 6) is -0.836. The topological polar surface area (TPSA) is 224 Å². The van der Waals surface area contributed by atoms with Crippen molar-refractivity contribution in [3.63, 3.8) is 0 Å². The van der Waals surface area contributed by atoms with Crippen molar-refractivity contribution in [2.75, 3.05) is 70.5 Å². The highest BCUT2D eigenvalue weighted by atomic mass is 16.6. The quantitative estimate of drug-likeness (QED) is 0.0121. The lowest BCUT2D eigenvalue weighted by Crippen LogP contribution is -2.38. The van der Waals surface area contributed by atoms with Crippen LogP contribution in [-0.2, 0) is 14.2 Å². The van der Waals surface area contributed by atoms with Crippen LogP contribution >= 0.6 is 0 Å². The highest BCUT2D eigenvalue weighted by Gasteiger charge is 2.23. The molecule has 1 heterocycles. The van der Waals surface area contributed by atoms with Gasteiger partial charge < -0.3 is 59.8 Å². The molecule has 0 radical (unpaired) electrons. The SMILES string of the molecule is C.C=CN(CCOC(=O)NCCCCCCCCCCCCCCCCCC)c1ccc2c(-c3ccccc3C(=O)[O-])c3ccc(=[N+](CCOC(=O)NCCCCCCCCCCCCCCCCCC)CCOC(=O)NCCCCCCCCCCCCCCCCCC)cc-3oc2c1.CCCCCCCCCCCCCCCCCCNC(=O)O. The summed E-state index contributed by atoms with van der Waals surface area (Å²) in [6.45, 7) is 16.6. The minimum atomic E-state index is -1.30. The minimum absolute atomic E-state index is 0. The lowest BCUT2D eigenvalue weighted by Gasteiger charge is -2.22. The Morgan fingerprint density at radius 2 is 0.689 bits per heavy atom. The van der Waals surface area contributed by atoms with E-state index in [4.69, 9.17) is 23.7 Å². The van der Waals surface area contributed by atoms with E-state index in [2.05, 4.69) is 55.5 Å². The number of unbranched alkanes of at least 4 members (excludes halogenated alkanes) is 60. The van der Waals surface area contributed by atoms with Crippen molar-refractivity contribution in [1.29, 1.82) is 0 Å². The molecule has 122 heavy (non-hydrogen) atoms. The molecule has 0 saturated heterocycles. The summed E-state index contributed by atoms with van der Waals surface area (Å²) in [7, 11) is 0. The van der Waals surface area contributed by atoms with Crippen LogP contribution in [-0.4, -0.2) is 101 Å². The molecule has 1 aliphatic heterocycles. The minimum Gasteiger partial charge on any atom is -0.545 e. The van der Waals surface area contributed by atoms with E-state index in [1.165, 1.54) is 347 Å². The van der Waals surface area contributed by atoms with Gasteiger partial charge in [-0.05, 0) is 55.6 Å². The molecule has 0 aromatic heterocycles. The molecule has 17 nitrogen and oxygen atoms in total. The zero-order chi connectivity index (χ0) is 87.0. The molecule has 0 fully saturated rings. The Balaban J connectivity index is 0.00000190. The number of benzene rings is 3. The molecule has 0 unspecified atom stereocenters. The molecule has 4 amide bonds. The fraction of sp³-hybridized carbons (Fsp3) is 0.752.